The number of fused-ring (bicyclic) bond motifs is 1. The molecule has 0 unspecified atom stereocenters. The number of aromatic nitrogens is 3. The van der Waals surface area contributed by atoms with Crippen LogP contribution >= 0.6 is 0 Å². The van der Waals surface area contributed by atoms with E-state index in [1.807, 2.05) is 6.92 Å². The van der Waals surface area contributed by atoms with Gasteiger partial charge in [-0.25, -0.2) is 14.8 Å². The molecule has 0 fully saturated rings. The molecule has 0 radical (unpaired) electrons. The van der Waals surface area contributed by atoms with Crippen molar-refractivity contribution in [3.63, 3.8) is 0 Å². The zero-order valence-corrected chi connectivity index (χ0v) is 7.02. The first-order chi connectivity index (χ1) is 6.31. The molecule has 13 heavy (non-hydrogen) atoms. The van der Waals surface area contributed by atoms with Crippen LogP contribution in [0.4, 0.5) is 0 Å². The number of hydrogen-bond donors (Lipinski definition) is 0. The third kappa shape index (κ3) is 1.28. The van der Waals surface area contributed by atoms with E-state index >= 15 is 0 Å². The van der Waals surface area contributed by atoms with Crippen molar-refractivity contribution in [2.75, 3.05) is 0 Å². The van der Waals surface area contributed by atoms with Crippen LogP contribution in [0.3, 0.4) is 0 Å². The lowest BCUT2D eigenvalue weighted by molar-refractivity contribution is 0.524. The third-order valence-corrected chi connectivity index (χ3v) is 1.71. The maximum Gasteiger partial charge on any atom is 0.439 e. The van der Waals surface area contributed by atoms with Crippen LogP contribution < -0.4 is 5.76 Å². The van der Waals surface area contributed by atoms with Crippen molar-refractivity contribution in [1.29, 1.82) is 0 Å². The summed E-state index contributed by atoms with van der Waals surface area (Å²) in [6.45, 7) is 1.91. The molecule has 66 valence electrons. The average Bonchev–Trinajstić information content (AvgIpc) is 2.16. The Hall–Kier alpha value is -1.78. The number of hydrogen-bond acceptors (Lipinski definition) is 5. The maximum absolute atomic E-state index is 10.9. The fourth-order valence-corrected chi connectivity index (χ4v) is 1.13. The van der Waals surface area contributed by atoms with Gasteiger partial charge >= 0.3 is 5.76 Å². The van der Waals surface area contributed by atoms with E-state index in [1.165, 1.54) is 12.5 Å². The molecule has 0 aliphatic carbocycles. The summed E-state index contributed by atoms with van der Waals surface area (Å²) in [5.74, 6) is -0.598. The first-order valence-electron chi connectivity index (χ1n) is 3.91. The van der Waals surface area contributed by atoms with Gasteiger partial charge < -0.3 is 4.42 Å². The quantitative estimate of drug-likeness (QED) is 0.635. The number of rotatable bonds is 1. The second-order valence-corrected chi connectivity index (χ2v) is 2.52. The normalized spacial score (nSPS) is 10.5. The number of nitrogens with zero attached hydrogens (tertiary/aromatic N) is 3. The Morgan fingerprint density at radius 3 is 3.15 bits per heavy atom. The molecule has 5 nitrogen and oxygen atoms in total. The molecule has 0 bridgehead atoms. The van der Waals surface area contributed by atoms with Gasteiger partial charge in [0.2, 0.25) is 0 Å². The fourth-order valence-electron chi connectivity index (χ4n) is 1.13. The molecule has 0 atom stereocenters. The first kappa shape index (κ1) is 7.85. The van der Waals surface area contributed by atoms with Gasteiger partial charge in [0.1, 0.15) is 11.8 Å². The van der Waals surface area contributed by atoms with Gasteiger partial charge in [0.05, 0.1) is 11.9 Å². The standard InChI is InChI=1S/C8H7N3O2/c1-2-5-7-6(3-9-4-10-7)13-8(12)11-5/h3-4H,2H2,1H3. The molecule has 2 rings (SSSR count). The second-order valence-electron chi connectivity index (χ2n) is 2.52. The predicted molar refractivity (Wildman–Crippen MR) is 45.2 cm³/mol. The molecule has 0 aromatic carbocycles. The van der Waals surface area contributed by atoms with E-state index in [4.69, 9.17) is 4.42 Å². The van der Waals surface area contributed by atoms with Crippen LogP contribution in [0.1, 0.15) is 12.6 Å². The van der Waals surface area contributed by atoms with Crippen molar-refractivity contribution in [2.45, 2.75) is 13.3 Å². The van der Waals surface area contributed by atoms with Crippen molar-refractivity contribution in [3.05, 3.63) is 28.8 Å². The molecule has 0 aliphatic heterocycles. The Labute approximate surface area is 73.5 Å². The van der Waals surface area contributed by atoms with Crippen LogP contribution in [-0.4, -0.2) is 15.0 Å². The topological polar surface area (TPSA) is 68.9 Å². The summed E-state index contributed by atoms with van der Waals surface area (Å²) in [4.78, 5) is 22.4. The predicted octanol–water partition coefficient (Wildman–Crippen LogP) is 0.540. The monoisotopic (exact) mass is 177 g/mol. The average molecular weight is 177 g/mol. The van der Waals surface area contributed by atoms with Gasteiger partial charge in [-0.2, -0.15) is 4.98 Å². The molecule has 0 amide bonds. The van der Waals surface area contributed by atoms with Crippen LogP contribution in [0.5, 0.6) is 0 Å². The van der Waals surface area contributed by atoms with Crippen molar-refractivity contribution < 1.29 is 4.42 Å². The van der Waals surface area contributed by atoms with Crippen LogP contribution in [-0.2, 0) is 6.42 Å². The zero-order valence-electron chi connectivity index (χ0n) is 7.02. The van der Waals surface area contributed by atoms with Gasteiger partial charge in [0.15, 0.2) is 5.58 Å². The maximum atomic E-state index is 10.9. The highest BCUT2D eigenvalue weighted by Crippen LogP contribution is 2.09. The molecule has 2 aromatic heterocycles. The van der Waals surface area contributed by atoms with E-state index in [0.29, 0.717) is 23.2 Å². The molecular weight excluding hydrogens is 170 g/mol. The Balaban J connectivity index is 2.89. The highest BCUT2D eigenvalue weighted by atomic mass is 16.4. The van der Waals surface area contributed by atoms with E-state index in [9.17, 15) is 4.79 Å². The molecule has 0 spiro atoms. The molecule has 0 aliphatic rings. The molecule has 2 heterocycles. The molecule has 0 saturated heterocycles. The fraction of sp³-hybridized carbons (Fsp3) is 0.250. The van der Waals surface area contributed by atoms with E-state index in [2.05, 4.69) is 15.0 Å². The third-order valence-electron chi connectivity index (χ3n) is 1.71. The van der Waals surface area contributed by atoms with Crippen molar-refractivity contribution >= 4 is 11.1 Å². The van der Waals surface area contributed by atoms with Gasteiger partial charge in [-0.3, -0.25) is 0 Å². The molecule has 0 N–H and O–H groups in total. The van der Waals surface area contributed by atoms with Gasteiger partial charge in [-0.05, 0) is 6.42 Å². The van der Waals surface area contributed by atoms with Gasteiger partial charge in [-0.1, -0.05) is 6.92 Å². The van der Waals surface area contributed by atoms with Crippen molar-refractivity contribution in [2.24, 2.45) is 0 Å². The van der Waals surface area contributed by atoms with Gasteiger partial charge in [0.25, 0.3) is 0 Å². The summed E-state index contributed by atoms with van der Waals surface area (Å²) in [5, 5.41) is 0. The summed E-state index contributed by atoms with van der Waals surface area (Å²) in [5.41, 5.74) is 1.64. The van der Waals surface area contributed by atoms with E-state index < -0.39 is 5.76 Å². The lowest BCUT2D eigenvalue weighted by Gasteiger charge is -1.97. The lowest BCUT2D eigenvalue weighted by Crippen LogP contribution is -2.08. The second kappa shape index (κ2) is 2.93. The highest BCUT2D eigenvalue weighted by Gasteiger charge is 2.05. The summed E-state index contributed by atoms with van der Waals surface area (Å²) < 4.78 is 4.81. The molecule has 0 saturated carbocycles. The largest absolute Gasteiger partial charge is 0.439 e. The molecule has 5 heteroatoms. The summed E-state index contributed by atoms with van der Waals surface area (Å²) in [6.07, 6.45) is 3.52. The summed E-state index contributed by atoms with van der Waals surface area (Å²) in [7, 11) is 0. The summed E-state index contributed by atoms with van der Waals surface area (Å²) >= 11 is 0. The van der Waals surface area contributed by atoms with Crippen LogP contribution in [0.15, 0.2) is 21.7 Å². The minimum absolute atomic E-state index is 0.388. The summed E-state index contributed by atoms with van der Waals surface area (Å²) in [6, 6.07) is 0. The molecule has 2 aromatic rings. The Kier molecular flexibility index (Phi) is 1.77. The minimum atomic E-state index is -0.598. The Morgan fingerprint density at radius 2 is 2.38 bits per heavy atom. The van der Waals surface area contributed by atoms with Gasteiger partial charge in [-0.15, -0.1) is 0 Å². The minimum Gasteiger partial charge on any atom is -0.405 e. The van der Waals surface area contributed by atoms with E-state index in [0.717, 1.165) is 0 Å². The Bertz CT molecular complexity index is 492. The lowest BCUT2D eigenvalue weighted by atomic mass is 10.3. The zero-order chi connectivity index (χ0) is 9.26. The number of aryl methyl sites for hydroxylation is 1. The highest BCUT2D eigenvalue weighted by molar-refractivity contribution is 5.72. The van der Waals surface area contributed by atoms with E-state index in [-0.39, 0.29) is 0 Å². The molecular formula is C8H7N3O2. The first-order valence-corrected chi connectivity index (χ1v) is 3.91. The van der Waals surface area contributed by atoms with Gasteiger partial charge in [0, 0.05) is 0 Å². The van der Waals surface area contributed by atoms with Crippen molar-refractivity contribution in [1.82, 2.24) is 15.0 Å². The van der Waals surface area contributed by atoms with Crippen LogP contribution in [0.25, 0.3) is 11.1 Å². The van der Waals surface area contributed by atoms with Crippen molar-refractivity contribution in [3.8, 4) is 0 Å². The Morgan fingerprint density at radius 1 is 1.54 bits per heavy atom. The van der Waals surface area contributed by atoms with Crippen LogP contribution in [0, 0.1) is 0 Å². The SMILES string of the molecule is CCc1nc(=O)oc2cncnc12. The van der Waals surface area contributed by atoms with E-state index in [1.54, 1.807) is 0 Å². The smallest absolute Gasteiger partial charge is 0.405 e. The van der Waals surface area contributed by atoms with Crippen LogP contribution in [0.2, 0.25) is 0 Å².